The normalized spacial score (nSPS) is 38.2. The highest BCUT2D eigenvalue weighted by Crippen LogP contribution is 2.52. The number of Topliss-reactive ketones (excluding diaryl/α,β-unsaturated/α-hetero) is 2. The highest BCUT2D eigenvalue weighted by Gasteiger charge is 2.58. The third kappa shape index (κ3) is 2.02. The van der Waals surface area contributed by atoms with Crippen LogP contribution in [0.15, 0.2) is 30.3 Å². The van der Waals surface area contributed by atoms with Crippen LogP contribution >= 0.6 is 0 Å². The molecule has 0 bridgehead atoms. The van der Waals surface area contributed by atoms with Crippen molar-refractivity contribution in [1.29, 1.82) is 0 Å². The zero-order valence-electron chi connectivity index (χ0n) is 12.0. The number of hydrogen-bond acceptors (Lipinski definition) is 3. The summed E-state index contributed by atoms with van der Waals surface area (Å²) in [6.45, 7) is 0. The first-order valence-electron chi connectivity index (χ1n) is 8.05. The van der Waals surface area contributed by atoms with Crippen LogP contribution in [-0.2, 0) is 9.59 Å². The standard InChI is InChI=1S/C18H20O3/c19-17-13-8-4-5-11-9-10-14(16(15(11)13)18(17)20)21-12-6-2-1-3-7-12/h1-3,6-7,11,13-16H,4-5,8-10H2. The maximum atomic E-state index is 12.5. The van der Waals surface area contributed by atoms with Crippen LogP contribution in [0.1, 0.15) is 32.1 Å². The fourth-order valence-electron chi connectivity index (χ4n) is 4.80. The van der Waals surface area contributed by atoms with Gasteiger partial charge in [0, 0.05) is 5.92 Å². The van der Waals surface area contributed by atoms with E-state index in [0.29, 0.717) is 5.92 Å². The van der Waals surface area contributed by atoms with Gasteiger partial charge in [0.05, 0.1) is 5.92 Å². The molecule has 3 saturated carbocycles. The molecule has 21 heavy (non-hydrogen) atoms. The second-order valence-corrected chi connectivity index (χ2v) is 6.68. The van der Waals surface area contributed by atoms with Crippen molar-refractivity contribution >= 4 is 11.6 Å². The lowest BCUT2D eigenvalue weighted by atomic mass is 9.64. The first-order valence-corrected chi connectivity index (χ1v) is 8.05. The van der Waals surface area contributed by atoms with E-state index < -0.39 is 0 Å². The molecule has 3 fully saturated rings. The van der Waals surface area contributed by atoms with E-state index >= 15 is 0 Å². The molecule has 5 atom stereocenters. The maximum absolute atomic E-state index is 12.5. The molecular formula is C18H20O3. The monoisotopic (exact) mass is 284 g/mol. The van der Waals surface area contributed by atoms with Gasteiger partial charge in [0.15, 0.2) is 0 Å². The molecule has 0 aliphatic heterocycles. The van der Waals surface area contributed by atoms with Crippen LogP contribution in [0.25, 0.3) is 0 Å². The van der Waals surface area contributed by atoms with E-state index in [0.717, 1.165) is 31.4 Å². The first kappa shape index (κ1) is 13.1. The van der Waals surface area contributed by atoms with Gasteiger partial charge in [-0.1, -0.05) is 31.0 Å². The third-order valence-electron chi connectivity index (χ3n) is 5.65. The molecule has 3 nitrogen and oxygen atoms in total. The summed E-state index contributed by atoms with van der Waals surface area (Å²) in [5.41, 5.74) is 0. The fourth-order valence-corrected chi connectivity index (χ4v) is 4.80. The minimum Gasteiger partial charge on any atom is -0.490 e. The van der Waals surface area contributed by atoms with Crippen LogP contribution < -0.4 is 4.74 Å². The first-order chi connectivity index (χ1) is 10.3. The maximum Gasteiger partial charge on any atom is 0.205 e. The van der Waals surface area contributed by atoms with Crippen molar-refractivity contribution < 1.29 is 14.3 Å². The van der Waals surface area contributed by atoms with Crippen LogP contribution in [0.3, 0.4) is 0 Å². The molecule has 3 heteroatoms. The van der Waals surface area contributed by atoms with E-state index in [1.807, 2.05) is 30.3 Å². The summed E-state index contributed by atoms with van der Waals surface area (Å²) in [4.78, 5) is 24.7. The number of ketones is 2. The Morgan fingerprint density at radius 1 is 0.905 bits per heavy atom. The van der Waals surface area contributed by atoms with E-state index in [1.54, 1.807) is 0 Å². The molecule has 0 saturated heterocycles. The predicted octanol–water partition coefficient (Wildman–Crippen LogP) is 3.03. The number of ether oxygens (including phenoxy) is 1. The van der Waals surface area contributed by atoms with Crippen LogP contribution in [-0.4, -0.2) is 17.7 Å². The van der Waals surface area contributed by atoms with Gasteiger partial charge in [-0.2, -0.15) is 0 Å². The van der Waals surface area contributed by atoms with Crippen LogP contribution in [0.2, 0.25) is 0 Å². The van der Waals surface area contributed by atoms with E-state index in [9.17, 15) is 9.59 Å². The summed E-state index contributed by atoms with van der Waals surface area (Å²) in [5, 5.41) is 0. The van der Waals surface area contributed by atoms with Crippen LogP contribution in [0.4, 0.5) is 0 Å². The van der Waals surface area contributed by atoms with Crippen molar-refractivity contribution in [1.82, 2.24) is 0 Å². The topological polar surface area (TPSA) is 43.4 Å². The third-order valence-corrected chi connectivity index (χ3v) is 5.65. The van der Waals surface area contributed by atoms with Gasteiger partial charge in [0.25, 0.3) is 0 Å². The Bertz CT molecular complexity index is 565. The Morgan fingerprint density at radius 3 is 2.52 bits per heavy atom. The minimum atomic E-state index is -0.193. The Hall–Kier alpha value is -1.64. The SMILES string of the molecule is O=C1C(=O)C2C(Oc3ccccc3)CCC3CCCC1C32. The Kier molecular flexibility index (Phi) is 3.09. The quantitative estimate of drug-likeness (QED) is 0.784. The Balaban J connectivity index is 1.62. The highest BCUT2D eigenvalue weighted by atomic mass is 16.5. The molecule has 0 spiro atoms. The Labute approximate surface area is 124 Å². The molecule has 0 amide bonds. The summed E-state index contributed by atoms with van der Waals surface area (Å²) >= 11 is 0. The largest absolute Gasteiger partial charge is 0.490 e. The summed E-state index contributed by atoms with van der Waals surface area (Å²) in [6, 6.07) is 9.67. The number of carbonyl (C=O) groups is 2. The van der Waals surface area contributed by atoms with Gasteiger partial charge >= 0.3 is 0 Å². The summed E-state index contributed by atoms with van der Waals surface area (Å²) in [7, 11) is 0. The summed E-state index contributed by atoms with van der Waals surface area (Å²) < 4.78 is 6.08. The van der Waals surface area contributed by atoms with Crippen LogP contribution in [0.5, 0.6) is 5.75 Å². The van der Waals surface area contributed by atoms with Gasteiger partial charge in [-0.25, -0.2) is 0 Å². The lowest BCUT2D eigenvalue weighted by Gasteiger charge is -2.42. The second kappa shape index (κ2) is 4.97. The van der Waals surface area contributed by atoms with Crippen molar-refractivity contribution in [3.8, 4) is 5.75 Å². The van der Waals surface area contributed by atoms with Gasteiger partial charge < -0.3 is 4.74 Å². The van der Waals surface area contributed by atoms with Crippen molar-refractivity contribution in [2.75, 3.05) is 0 Å². The van der Waals surface area contributed by atoms with E-state index in [-0.39, 0.29) is 35.4 Å². The van der Waals surface area contributed by atoms with Crippen molar-refractivity contribution in [3.05, 3.63) is 30.3 Å². The molecule has 1 aromatic rings. The lowest BCUT2D eigenvalue weighted by molar-refractivity contribution is -0.138. The zero-order valence-corrected chi connectivity index (χ0v) is 12.0. The molecule has 3 aliphatic carbocycles. The van der Waals surface area contributed by atoms with Crippen LogP contribution in [0, 0.1) is 23.7 Å². The molecule has 5 unspecified atom stereocenters. The lowest BCUT2D eigenvalue weighted by Crippen LogP contribution is -2.43. The van der Waals surface area contributed by atoms with Crippen molar-refractivity contribution in [2.45, 2.75) is 38.2 Å². The van der Waals surface area contributed by atoms with E-state index in [2.05, 4.69) is 0 Å². The minimum absolute atomic E-state index is 0.0107. The number of carbonyl (C=O) groups excluding carboxylic acids is 2. The van der Waals surface area contributed by atoms with Crippen molar-refractivity contribution in [2.24, 2.45) is 23.7 Å². The second-order valence-electron chi connectivity index (χ2n) is 6.68. The molecule has 4 rings (SSSR count). The van der Waals surface area contributed by atoms with Gasteiger partial charge in [0.2, 0.25) is 11.6 Å². The van der Waals surface area contributed by atoms with Gasteiger partial charge in [-0.05, 0) is 43.2 Å². The molecule has 3 aliphatic rings. The highest BCUT2D eigenvalue weighted by molar-refractivity contribution is 6.41. The molecule has 0 aromatic heterocycles. The number of para-hydroxylation sites is 1. The number of rotatable bonds is 2. The predicted molar refractivity (Wildman–Crippen MR) is 77.9 cm³/mol. The molecule has 0 radical (unpaired) electrons. The van der Waals surface area contributed by atoms with Gasteiger partial charge in [-0.15, -0.1) is 0 Å². The number of hydrogen-bond donors (Lipinski definition) is 0. The average Bonchev–Trinajstić information content (AvgIpc) is 2.78. The van der Waals surface area contributed by atoms with E-state index in [1.165, 1.54) is 6.42 Å². The molecule has 1 aromatic carbocycles. The molecule has 0 N–H and O–H groups in total. The van der Waals surface area contributed by atoms with Crippen molar-refractivity contribution in [3.63, 3.8) is 0 Å². The smallest absolute Gasteiger partial charge is 0.205 e. The fraction of sp³-hybridized carbons (Fsp3) is 0.556. The van der Waals surface area contributed by atoms with Gasteiger partial charge in [0.1, 0.15) is 11.9 Å². The summed E-state index contributed by atoms with van der Waals surface area (Å²) in [5.74, 6) is 1.14. The Morgan fingerprint density at radius 2 is 1.71 bits per heavy atom. The molecule has 0 heterocycles. The van der Waals surface area contributed by atoms with E-state index in [4.69, 9.17) is 4.74 Å². The average molecular weight is 284 g/mol. The zero-order chi connectivity index (χ0) is 14.4. The molecule has 110 valence electrons. The summed E-state index contributed by atoms with van der Waals surface area (Å²) in [6.07, 6.45) is 5.05. The number of benzene rings is 1. The molecular weight excluding hydrogens is 264 g/mol. The van der Waals surface area contributed by atoms with Gasteiger partial charge in [-0.3, -0.25) is 9.59 Å².